The number of benzene rings is 1. The summed E-state index contributed by atoms with van der Waals surface area (Å²) in [6, 6.07) is 8.82. The molecule has 3 heterocycles. The van der Waals surface area contributed by atoms with E-state index in [4.69, 9.17) is 5.73 Å². The van der Waals surface area contributed by atoms with Crippen LogP contribution in [0, 0.1) is 0 Å². The van der Waals surface area contributed by atoms with E-state index in [-0.39, 0.29) is 17.2 Å². The molecule has 4 rings (SSSR count). The van der Waals surface area contributed by atoms with Gasteiger partial charge in [-0.2, -0.15) is 18.3 Å². The van der Waals surface area contributed by atoms with E-state index in [1.165, 1.54) is 23.1 Å². The van der Waals surface area contributed by atoms with Gasteiger partial charge in [-0.05, 0) is 56.5 Å². The van der Waals surface area contributed by atoms with Crippen molar-refractivity contribution in [3.63, 3.8) is 0 Å². The van der Waals surface area contributed by atoms with Crippen molar-refractivity contribution in [2.75, 3.05) is 16.4 Å². The van der Waals surface area contributed by atoms with E-state index in [1.54, 1.807) is 45.0 Å². The van der Waals surface area contributed by atoms with Crippen LogP contribution in [0.5, 0.6) is 0 Å². The number of nitrogens with one attached hydrogen (secondary N) is 2. The number of nitrogen functional groups attached to an aromatic ring is 1. The lowest BCUT2D eigenvalue weighted by Crippen LogP contribution is -2.25. The number of rotatable bonds is 4. The number of urea groups is 1. The van der Waals surface area contributed by atoms with Crippen molar-refractivity contribution < 1.29 is 23.1 Å². The summed E-state index contributed by atoms with van der Waals surface area (Å²) in [5, 5.41) is 21.9. The number of anilines is 3. The molecule has 0 aliphatic heterocycles. The number of alkyl halides is 3. The number of aliphatic imine (C=N–C) groups is 1. The first kappa shape index (κ1) is 25.4. The quantitative estimate of drug-likeness (QED) is 0.279. The van der Waals surface area contributed by atoms with E-state index in [1.807, 2.05) is 0 Å². The molecule has 2 amide bonds. The van der Waals surface area contributed by atoms with Crippen LogP contribution in [0.4, 0.5) is 35.3 Å². The van der Waals surface area contributed by atoms with E-state index in [0.717, 1.165) is 12.1 Å². The molecule has 0 unspecified atom stereocenters. The Kier molecular flexibility index (Phi) is 6.46. The first-order valence-corrected chi connectivity index (χ1v) is 10.9. The van der Waals surface area contributed by atoms with Gasteiger partial charge in [-0.3, -0.25) is 10.3 Å². The van der Waals surface area contributed by atoms with Crippen LogP contribution < -0.4 is 21.5 Å². The third kappa shape index (κ3) is 5.77. The minimum atomic E-state index is -4.64. The number of carbonyl (C=O) groups is 1. The molecule has 13 heteroatoms. The number of halogens is 3. The van der Waals surface area contributed by atoms with E-state index in [0.29, 0.717) is 22.3 Å². The normalized spacial score (nSPS) is 12.5. The van der Waals surface area contributed by atoms with Gasteiger partial charge in [0.1, 0.15) is 23.4 Å². The molecule has 3 aromatic heterocycles. The van der Waals surface area contributed by atoms with Gasteiger partial charge in [0.2, 0.25) is 0 Å². The van der Waals surface area contributed by atoms with Crippen molar-refractivity contribution in [1.82, 2.24) is 19.6 Å². The second-order valence-corrected chi connectivity index (χ2v) is 9.01. The van der Waals surface area contributed by atoms with Crippen molar-refractivity contribution in [3.05, 3.63) is 66.2 Å². The fourth-order valence-electron chi connectivity index (χ4n) is 3.52. The Morgan fingerprint density at radius 2 is 1.78 bits per heavy atom. The summed E-state index contributed by atoms with van der Waals surface area (Å²) in [7, 11) is 0. The van der Waals surface area contributed by atoms with Crippen LogP contribution in [-0.4, -0.2) is 37.0 Å². The summed E-state index contributed by atoms with van der Waals surface area (Å²) >= 11 is 0. The topological polar surface area (TPSA) is 146 Å². The zero-order valence-corrected chi connectivity index (χ0v) is 20.0. The lowest BCUT2D eigenvalue weighted by atomic mass is 10.0. The van der Waals surface area contributed by atoms with Crippen LogP contribution in [-0.2, 0) is 6.18 Å². The van der Waals surface area contributed by atoms with Crippen LogP contribution in [0.3, 0.4) is 0 Å². The number of pyridine rings is 1. The van der Waals surface area contributed by atoms with Crippen LogP contribution in [0.25, 0.3) is 16.6 Å². The molecule has 0 spiro atoms. The highest BCUT2D eigenvalue weighted by atomic mass is 19.4. The molecular formula is C24H22F3N8O2-. The second-order valence-electron chi connectivity index (χ2n) is 9.01. The molecule has 0 bridgehead atoms. The number of fused-ring (bicyclic) bond motifs is 1. The first-order chi connectivity index (χ1) is 17.3. The zero-order chi connectivity index (χ0) is 27.0. The molecule has 0 aliphatic rings. The number of amides is 2. The third-order valence-electron chi connectivity index (χ3n) is 4.98. The van der Waals surface area contributed by atoms with Gasteiger partial charge in [-0.1, -0.05) is 18.2 Å². The largest absolute Gasteiger partial charge is 0.858 e. The molecular weight excluding hydrogens is 489 g/mol. The zero-order valence-electron chi connectivity index (χ0n) is 20.0. The van der Waals surface area contributed by atoms with Crippen molar-refractivity contribution in [2.45, 2.75) is 32.5 Å². The number of nitrogens with two attached hydrogens (primary N) is 1. The van der Waals surface area contributed by atoms with Gasteiger partial charge >= 0.3 is 12.2 Å². The van der Waals surface area contributed by atoms with Crippen molar-refractivity contribution in [3.8, 4) is 11.1 Å². The highest BCUT2D eigenvalue weighted by Gasteiger charge is 2.32. The Labute approximate surface area is 209 Å². The van der Waals surface area contributed by atoms with Crippen LogP contribution in [0.2, 0.25) is 0 Å². The molecule has 192 valence electrons. The SMILES string of the molecule is CC(C)(C)N=C([O-])c1cn2ncnc(N)c2c1-c1ccc(NC(=O)Nc2cccc(C(F)(F)F)n2)cc1. The molecule has 0 radical (unpaired) electrons. The van der Waals surface area contributed by atoms with E-state index < -0.39 is 29.3 Å². The van der Waals surface area contributed by atoms with Gasteiger partial charge in [-0.15, -0.1) is 0 Å². The maximum Gasteiger partial charge on any atom is 0.433 e. The molecule has 0 atom stereocenters. The lowest BCUT2D eigenvalue weighted by molar-refractivity contribution is -0.213. The van der Waals surface area contributed by atoms with Gasteiger partial charge in [-0.25, -0.2) is 19.3 Å². The molecule has 0 aliphatic carbocycles. The molecule has 4 N–H and O–H groups in total. The summed E-state index contributed by atoms with van der Waals surface area (Å²) in [6.07, 6.45) is -1.84. The standard InChI is InChI=1S/C24H23F3N8O2/c1-23(2,3)34-21(36)15-11-35-19(20(28)29-12-30-35)18(15)13-7-9-14(10-8-13)31-22(37)33-17-6-4-5-16(32-17)24(25,26)27/h4-12H,1-3H3,(H,34,36)(H2,28,29,30)(H2,31,32,33,37)/p-1. The fourth-order valence-corrected chi connectivity index (χ4v) is 3.52. The molecule has 0 fully saturated rings. The smallest absolute Gasteiger partial charge is 0.433 e. The Hall–Kier alpha value is -4.68. The van der Waals surface area contributed by atoms with Crippen LogP contribution >= 0.6 is 0 Å². The van der Waals surface area contributed by atoms with Gasteiger partial charge in [0.05, 0.1) is 5.54 Å². The second kappa shape index (κ2) is 9.41. The van der Waals surface area contributed by atoms with Gasteiger partial charge < -0.3 is 16.2 Å². The number of hydrogen-bond donors (Lipinski definition) is 3. The van der Waals surface area contributed by atoms with E-state index in [2.05, 4.69) is 30.7 Å². The van der Waals surface area contributed by atoms with Gasteiger partial charge in [0, 0.05) is 23.0 Å². The highest BCUT2D eigenvalue weighted by molar-refractivity contribution is 6.05. The summed E-state index contributed by atoms with van der Waals surface area (Å²) in [4.78, 5) is 24.0. The summed E-state index contributed by atoms with van der Waals surface area (Å²) in [6.45, 7) is 5.40. The van der Waals surface area contributed by atoms with Crippen LogP contribution in [0.1, 0.15) is 32.0 Å². The first-order valence-electron chi connectivity index (χ1n) is 10.9. The summed E-state index contributed by atoms with van der Waals surface area (Å²) in [5.41, 5.74) is 6.44. The minimum Gasteiger partial charge on any atom is -0.858 e. The monoisotopic (exact) mass is 511 g/mol. The molecule has 10 nitrogen and oxygen atoms in total. The van der Waals surface area contributed by atoms with Crippen molar-refractivity contribution >= 4 is 34.8 Å². The Morgan fingerprint density at radius 3 is 2.43 bits per heavy atom. The predicted octanol–water partition coefficient (Wildman–Crippen LogP) is 3.94. The summed E-state index contributed by atoms with van der Waals surface area (Å²) in [5.74, 6) is -0.553. The Morgan fingerprint density at radius 1 is 1.08 bits per heavy atom. The molecule has 0 saturated carbocycles. The minimum absolute atomic E-state index is 0.162. The Bertz CT molecular complexity index is 1490. The molecule has 4 aromatic rings. The van der Waals surface area contributed by atoms with Gasteiger partial charge in [0.25, 0.3) is 0 Å². The molecule has 37 heavy (non-hydrogen) atoms. The molecule has 0 saturated heterocycles. The molecule has 1 aromatic carbocycles. The van der Waals surface area contributed by atoms with E-state index >= 15 is 0 Å². The van der Waals surface area contributed by atoms with Crippen molar-refractivity contribution in [1.29, 1.82) is 0 Å². The number of nitrogens with zero attached hydrogens (tertiary/aromatic N) is 5. The lowest BCUT2D eigenvalue weighted by Gasteiger charge is -2.20. The predicted molar refractivity (Wildman–Crippen MR) is 131 cm³/mol. The van der Waals surface area contributed by atoms with E-state index in [9.17, 15) is 23.1 Å². The average Bonchev–Trinajstić information content (AvgIpc) is 3.19. The van der Waals surface area contributed by atoms with Gasteiger partial charge in [0.15, 0.2) is 5.82 Å². The fraction of sp³-hybridized carbons (Fsp3) is 0.208. The maximum absolute atomic E-state index is 13.0. The summed E-state index contributed by atoms with van der Waals surface area (Å²) < 4.78 is 40.0. The maximum atomic E-state index is 13.0. The third-order valence-corrected chi connectivity index (χ3v) is 4.98. The number of aromatic nitrogens is 4. The van der Waals surface area contributed by atoms with Crippen LogP contribution in [0.15, 0.2) is 60.0 Å². The number of hydrogen-bond acceptors (Lipinski definition) is 7. The Balaban J connectivity index is 1.62. The highest BCUT2D eigenvalue weighted by Crippen LogP contribution is 2.33. The number of carbonyl (C=O) groups excluding carboxylic acids is 1. The average molecular weight is 511 g/mol. The van der Waals surface area contributed by atoms with Crippen molar-refractivity contribution in [2.24, 2.45) is 4.99 Å².